The minimum atomic E-state index is -0.247. The highest BCUT2D eigenvalue weighted by Gasteiger charge is 2.22. The first-order valence-electron chi connectivity index (χ1n) is 12.0. The van der Waals surface area contributed by atoms with Crippen molar-refractivity contribution < 1.29 is 5.11 Å². The zero-order chi connectivity index (χ0) is 24.1. The molecular formula is C26H38N4O3. The molecule has 0 amide bonds. The van der Waals surface area contributed by atoms with Crippen LogP contribution in [-0.2, 0) is 26.6 Å². The Bertz CT molecular complexity index is 1180. The van der Waals surface area contributed by atoms with E-state index in [0.717, 1.165) is 43.3 Å². The summed E-state index contributed by atoms with van der Waals surface area (Å²) in [5.41, 5.74) is 3.29. The molecule has 1 fully saturated rings. The Morgan fingerprint density at radius 1 is 1.03 bits per heavy atom. The highest BCUT2D eigenvalue weighted by atomic mass is 16.2. The summed E-state index contributed by atoms with van der Waals surface area (Å²) < 4.78 is 5.09. The van der Waals surface area contributed by atoms with Gasteiger partial charge in [-0.1, -0.05) is 57.9 Å². The second-order valence-corrected chi connectivity index (χ2v) is 9.30. The molecule has 3 aromatic rings. The summed E-state index contributed by atoms with van der Waals surface area (Å²) in [6.45, 7) is 7.51. The van der Waals surface area contributed by atoms with Gasteiger partial charge in [0, 0.05) is 39.4 Å². The molecule has 7 nitrogen and oxygen atoms in total. The summed E-state index contributed by atoms with van der Waals surface area (Å²) in [7, 11) is 2.58. The first-order valence-corrected chi connectivity index (χ1v) is 12.0. The minimum absolute atomic E-state index is 0.232. The topological polar surface area (TPSA) is 81.2 Å². The van der Waals surface area contributed by atoms with Crippen LogP contribution in [0.2, 0.25) is 0 Å². The molecule has 1 aromatic carbocycles. The van der Waals surface area contributed by atoms with Crippen LogP contribution < -0.4 is 16.6 Å². The summed E-state index contributed by atoms with van der Waals surface area (Å²) in [5.74, 6) is 1.23. The third kappa shape index (κ3) is 5.24. The maximum Gasteiger partial charge on any atom is 0.331 e. The lowest BCUT2D eigenvalue weighted by Gasteiger charge is -2.17. The van der Waals surface area contributed by atoms with Gasteiger partial charge < -0.3 is 15.0 Å². The molecule has 1 saturated carbocycles. The fourth-order valence-electron chi connectivity index (χ4n) is 4.66. The Hall–Kier alpha value is -2.80. The van der Waals surface area contributed by atoms with Gasteiger partial charge in [0.1, 0.15) is 11.3 Å². The van der Waals surface area contributed by atoms with Gasteiger partial charge in [-0.05, 0) is 36.3 Å². The summed E-state index contributed by atoms with van der Waals surface area (Å²) in [5, 5.41) is 10.7. The number of hydrogen-bond acceptors (Lipinski definition) is 4. The second-order valence-electron chi connectivity index (χ2n) is 9.30. The molecule has 0 bridgehead atoms. The van der Waals surface area contributed by atoms with E-state index in [1.807, 2.05) is 6.07 Å². The van der Waals surface area contributed by atoms with Gasteiger partial charge in [0.15, 0.2) is 0 Å². The number of nitrogens with zero attached hydrogens (tertiary/aromatic N) is 3. The first kappa shape index (κ1) is 24.8. The van der Waals surface area contributed by atoms with E-state index in [0.29, 0.717) is 30.6 Å². The quantitative estimate of drug-likeness (QED) is 0.570. The highest BCUT2D eigenvalue weighted by Crippen LogP contribution is 2.27. The van der Waals surface area contributed by atoms with Crippen molar-refractivity contribution in [1.82, 2.24) is 13.7 Å². The number of benzene rings is 1. The largest absolute Gasteiger partial charge is 0.400 e. The number of anilines is 1. The van der Waals surface area contributed by atoms with Crippen LogP contribution in [0, 0.1) is 5.92 Å². The molecule has 33 heavy (non-hydrogen) atoms. The van der Waals surface area contributed by atoms with Gasteiger partial charge >= 0.3 is 5.69 Å². The maximum absolute atomic E-state index is 13.3. The van der Waals surface area contributed by atoms with Crippen LogP contribution in [0.3, 0.4) is 0 Å². The van der Waals surface area contributed by atoms with Crippen molar-refractivity contribution in [1.29, 1.82) is 0 Å². The fourth-order valence-corrected chi connectivity index (χ4v) is 4.66. The van der Waals surface area contributed by atoms with Gasteiger partial charge in [0.2, 0.25) is 0 Å². The van der Waals surface area contributed by atoms with Crippen molar-refractivity contribution >= 4 is 16.9 Å². The first-order chi connectivity index (χ1) is 15.9. The molecule has 0 atom stereocenters. The van der Waals surface area contributed by atoms with Gasteiger partial charge in [-0.3, -0.25) is 13.9 Å². The third-order valence-electron chi connectivity index (χ3n) is 6.42. The highest BCUT2D eigenvalue weighted by molar-refractivity contribution is 5.81. The predicted molar refractivity (Wildman–Crippen MR) is 135 cm³/mol. The van der Waals surface area contributed by atoms with Crippen molar-refractivity contribution in [2.24, 2.45) is 13.0 Å². The van der Waals surface area contributed by atoms with E-state index in [9.17, 15) is 9.59 Å². The average molecular weight is 455 g/mol. The van der Waals surface area contributed by atoms with Gasteiger partial charge in [0.05, 0.1) is 5.52 Å². The second kappa shape index (κ2) is 10.9. The van der Waals surface area contributed by atoms with Crippen molar-refractivity contribution in [2.75, 3.05) is 12.4 Å². The van der Waals surface area contributed by atoms with Crippen LogP contribution in [0.15, 0.2) is 39.9 Å². The molecule has 0 aliphatic heterocycles. The lowest BCUT2D eigenvalue weighted by molar-refractivity contribution is 0.399. The molecule has 0 radical (unpaired) electrons. The smallest absolute Gasteiger partial charge is 0.331 e. The van der Waals surface area contributed by atoms with Crippen LogP contribution in [-0.4, -0.2) is 32.0 Å². The summed E-state index contributed by atoms with van der Waals surface area (Å²) in [4.78, 5) is 26.2. The standard InChI is InChI=1S/C25H34N4O2.CH4O/c1-5-18-10-12-19(13-11-18)16-29-22(26-20-8-6-7-9-20)14-21-23(29)24(30)27(4)25(31)28(21)15-17(2)3;1-2/h10-14,17,20,26H,5-9,15-16H2,1-4H3;2H,1H3. The molecule has 2 aromatic heterocycles. The van der Waals surface area contributed by atoms with E-state index in [4.69, 9.17) is 5.11 Å². The Morgan fingerprint density at radius 3 is 2.21 bits per heavy atom. The third-order valence-corrected chi connectivity index (χ3v) is 6.42. The number of aliphatic hydroxyl groups is 1. The molecule has 4 rings (SSSR count). The predicted octanol–water partition coefficient (Wildman–Crippen LogP) is 3.73. The summed E-state index contributed by atoms with van der Waals surface area (Å²) in [6.07, 6.45) is 5.75. The number of aryl methyl sites for hydroxylation is 1. The van der Waals surface area contributed by atoms with Crippen molar-refractivity contribution in [3.63, 3.8) is 0 Å². The minimum Gasteiger partial charge on any atom is -0.400 e. The maximum atomic E-state index is 13.3. The average Bonchev–Trinajstić information content (AvgIpc) is 3.45. The molecule has 2 heterocycles. The normalized spacial score (nSPS) is 14.0. The van der Waals surface area contributed by atoms with Gasteiger partial charge in [-0.15, -0.1) is 0 Å². The Labute approximate surface area is 195 Å². The zero-order valence-corrected chi connectivity index (χ0v) is 20.6. The van der Waals surface area contributed by atoms with Gasteiger partial charge in [-0.25, -0.2) is 4.79 Å². The Kier molecular flexibility index (Phi) is 8.19. The van der Waals surface area contributed by atoms with Crippen LogP contribution in [0.25, 0.3) is 11.0 Å². The molecule has 1 aliphatic rings. The number of aromatic nitrogens is 3. The van der Waals surface area contributed by atoms with Crippen molar-refractivity contribution in [3.05, 3.63) is 62.3 Å². The van der Waals surface area contributed by atoms with E-state index in [1.54, 1.807) is 11.6 Å². The van der Waals surface area contributed by atoms with E-state index >= 15 is 0 Å². The molecule has 2 N–H and O–H groups in total. The summed E-state index contributed by atoms with van der Waals surface area (Å²) >= 11 is 0. The molecule has 7 heteroatoms. The number of rotatable bonds is 7. The number of hydrogen-bond donors (Lipinski definition) is 2. The lowest BCUT2D eigenvalue weighted by Crippen LogP contribution is -2.39. The van der Waals surface area contributed by atoms with E-state index < -0.39 is 0 Å². The van der Waals surface area contributed by atoms with Gasteiger partial charge in [0.25, 0.3) is 5.56 Å². The molecule has 0 saturated heterocycles. The van der Waals surface area contributed by atoms with Crippen molar-refractivity contribution in [3.8, 4) is 0 Å². The zero-order valence-electron chi connectivity index (χ0n) is 20.6. The number of nitrogens with one attached hydrogen (secondary N) is 1. The SMILES string of the molecule is CCc1ccc(Cn2c(NC3CCCC3)cc3c2c(=O)n(C)c(=O)n3CC(C)C)cc1.CO. The molecular weight excluding hydrogens is 416 g/mol. The molecule has 0 spiro atoms. The van der Waals surface area contributed by atoms with Gasteiger partial charge in [-0.2, -0.15) is 0 Å². The lowest BCUT2D eigenvalue weighted by atomic mass is 10.1. The van der Waals surface area contributed by atoms with Crippen LogP contribution in [0.1, 0.15) is 57.6 Å². The molecule has 180 valence electrons. The van der Waals surface area contributed by atoms with E-state index in [2.05, 4.69) is 54.9 Å². The van der Waals surface area contributed by atoms with E-state index in [1.165, 1.54) is 23.0 Å². The van der Waals surface area contributed by atoms with Crippen LogP contribution in [0.4, 0.5) is 5.82 Å². The number of aliphatic hydroxyl groups excluding tert-OH is 1. The van der Waals surface area contributed by atoms with Crippen LogP contribution in [0.5, 0.6) is 0 Å². The van der Waals surface area contributed by atoms with Crippen LogP contribution >= 0.6 is 0 Å². The van der Waals surface area contributed by atoms with Crippen molar-refractivity contribution in [2.45, 2.75) is 72.0 Å². The summed E-state index contributed by atoms with van der Waals surface area (Å²) in [6, 6.07) is 11.0. The fraction of sp³-hybridized carbons (Fsp3) is 0.538. The molecule has 0 unspecified atom stereocenters. The number of fused-ring (bicyclic) bond motifs is 1. The monoisotopic (exact) mass is 454 g/mol. The Morgan fingerprint density at radius 2 is 1.64 bits per heavy atom. The van der Waals surface area contributed by atoms with E-state index in [-0.39, 0.29) is 11.2 Å². The molecule has 1 aliphatic carbocycles. The Balaban J connectivity index is 0.00000149.